The minimum absolute atomic E-state index is 0.0718. The summed E-state index contributed by atoms with van der Waals surface area (Å²) in [6.45, 7) is 3.17. The number of hydrogen-bond donors (Lipinski definition) is 2. The van der Waals surface area contributed by atoms with E-state index < -0.39 is 0 Å². The van der Waals surface area contributed by atoms with Crippen LogP contribution in [0.2, 0.25) is 0 Å². The van der Waals surface area contributed by atoms with Crippen molar-refractivity contribution in [3.8, 4) is 5.75 Å². The minimum Gasteiger partial charge on any atom is -0.494 e. The lowest BCUT2D eigenvalue weighted by Crippen LogP contribution is -2.30. The Bertz CT molecular complexity index is 393. The van der Waals surface area contributed by atoms with E-state index in [0.717, 1.165) is 6.54 Å². The number of nitrogens with one attached hydrogen (secondary N) is 1. The van der Waals surface area contributed by atoms with Crippen molar-refractivity contribution in [2.45, 2.75) is 6.92 Å². The molecule has 0 atom stereocenters. The molecule has 0 fully saturated rings. The second-order valence-electron chi connectivity index (χ2n) is 3.84. The molecule has 1 rings (SSSR count). The molecule has 0 aliphatic carbocycles. The first-order valence-corrected chi connectivity index (χ1v) is 5.48. The summed E-state index contributed by atoms with van der Waals surface area (Å²) in [5.74, 6) is 0.495. The average Bonchev–Trinajstić information content (AvgIpc) is 2.31. The second kappa shape index (κ2) is 6.10. The molecule has 0 saturated heterocycles. The van der Waals surface area contributed by atoms with Gasteiger partial charge in [0, 0.05) is 11.8 Å². The largest absolute Gasteiger partial charge is 0.494 e. The number of nitrogen functional groups attached to an aromatic ring is 1. The topological polar surface area (TPSA) is 67.6 Å². The number of amides is 1. The first-order valence-electron chi connectivity index (χ1n) is 5.48. The monoisotopic (exact) mass is 237 g/mol. The van der Waals surface area contributed by atoms with Crippen molar-refractivity contribution in [3.05, 3.63) is 18.2 Å². The fraction of sp³-hybridized carbons (Fsp3) is 0.417. The summed E-state index contributed by atoms with van der Waals surface area (Å²) >= 11 is 0. The summed E-state index contributed by atoms with van der Waals surface area (Å²) in [5, 5.41) is 2.79. The van der Waals surface area contributed by atoms with E-state index in [0.29, 0.717) is 23.7 Å². The van der Waals surface area contributed by atoms with Crippen molar-refractivity contribution in [2.75, 3.05) is 38.3 Å². The number of rotatable bonds is 5. The molecular formula is C12H19N3O2. The number of carbonyl (C=O) groups excluding carboxylic acids is 1. The van der Waals surface area contributed by atoms with Gasteiger partial charge in [-0.3, -0.25) is 9.69 Å². The van der Waals surface area contributed by atoms with Crippen molar-refractivity contribution < 1.29 is 9.53 Å². The quantitative estimate of drug-likeness (QED) is 0.754. The zero-order chi connectivity index (χ0) is 12.8. The molecule has 0 heterocycles. The highest BCUT2D eigenvalue weighted by Crippen LogP contribution is 2.26. The molecule has 3 N–H and O–H groups in total. The SMILES string of the molecule is CCN(C)CC(=O)Nc1ccc(N)cc1OC. The van der Waals surface area contributed by atoms with Gasteiger partial charge >= 0.3 is 0 Å². The third-order valence-electron chi connectivity index (χ3n) is 2.45. The Balaban J connectivity index is 2.71. The second-order valence-corrected chi connectivity index (χ2v) is 3.84. The van der Waals surface area contributed by atoms with Crippen molar-refractivity contribution in [1.82, 2.24) is 4.90 Å². The highest BCUT2D eigenvalue weighted by atomic mass is 16.5. The maximum atomic E-state index is 11.7. The predicted octanol–water partition coefficient (Wildman–Crippen LogP) is 1.17. The molecular weight excluding hydrogens is 218 g/mol. The Kier molecular flexibility index (Phi) is 4.78. The van der Waals surface area contributed by atoms with E-state index in [2.05, 4.69) is 5.32 Å². The van der Waals surface area contributed by atoms with Crippen molar-refractivity contribution in [2.24, 2.45) is 0 Å². The van der Waals surface area contributed by atoms with Crippen molar-refractivity contribution >= 4 is 17.3 Å². The van der Waals surface area contributed by atoms with Crippen LogP contribution in [-0.4, -0.2) is 38.1 Å². The molecule has 0 radical (unpaired) electrons. The summed E-state index contributed by atoms with van der Waals surface area (Å²) in [6.07, 6.45) is 0. The highest BCUT2D eigenvalue weighted by Gasteiger charge is 2.09. The molecule has 0 aliphatic heterocycles. The summed E-state index contributed by atoms with van der Waals surface area (Å²) in [6, 6.07) is 5.14. The first kappa shape index (κ1) is 13.3. The number of nitrogens with two attached hydrogens (primary N) is 1. The number of carbonyl (C=O) groups is 1. The van der Waals surface area contributed by atoms with Crippen LogP contribution in [0, 0.1) is 0 Å². The molecule has 5 nitrogen and oxygen atoms in total. The number of benzene rings is 1. The van der Waals surface area contributed by atoms with Gasteiger partial charge in [-0.25, -0.2) is 0 Å². The van der Waals surface area contributed by atoms with Gasteiger partial charge in [0.1, 0.15) is 5.75 Å². The van der Waals surface area contributed by atoms with Crippen LogP contribution in [0.25, 0.3) is 0 Å². The Hall–Kier alpha value is -1.75. The van der Waals surface area contributed by atoms with Gasteiger partial charge in [-0.2, -0.15) is 0 Å². The van der Waals surface area contributed by atoms with Crippen LogP contribution in [0.3, 0.4) is 0 Å². The summed E-state index contributed by atoms with van der Waals surface area (Å²) in [7, 11) is 3.43. The molecule has 0 saturated carbocycles. The third-order valence-corrected chi connectivity index (χ3v) is 2.45. The van der Waals surface area contributed by atoms with Crippen LogP contribution in [0.1, 0.15) is 6.92 Å². The molecule has 94 valence electrons. The van der Waals surface area contributed by atoms with Gasteiger partial charge in [0.15, 0.2) is 0 Å². The van der Waals surface area contributed by atoms with Gasteiger partial charge in [0.25, 0.3) is 0 Å². The molecule has 0 aromatic heterocycles. The van der Waals surface area contributed by atoms with Crippen LogP contribution < -0.4 is 15.8 Å². The average molecular weight is 237 g/mol. The van der Waals surface area contributed by atoms with E-state index in [9.17, 15) is 4.79 Å². The zero-order valence-electron chi connectivity index (χ0n) is 10.5. The molecule has 0 spiro atoms. The van der Waals surface area contributed by atoms with Crippen LogP contribution in [0.15, 0.2) is 18.2 Å². The third kappa shape index (κ3) is 3.96. The number of methoxy groups -OCH3 is 1. The van der Waals surface area contributed by atoms with E-state index in [-0.39, 0.29) is 5.91 Å². The highest BCUT2D eigenvalue weighted by molar-refractivity contribution is 5.94. The molecule has 5 heteroatoms. The number of anilines is 2. The summed E-state index contributed by atoms with van der Waals surface area (Å²) < 4.78 is 5.15. The molecule has 0 unspecified atom stereocenters. The van der Waals surface area contributed by atoms with Gasteiger partial charge in [0.05, 0.1) is 19.3 Å². The molecule has 1 amide bonds. The van der Waals surface area contributed by atoms with Gasteiger partial charge in [0.2, 0.25) is 5.91 Å². The Morgan fingerprint density at radius 2 is 2.24 bits per heavy atom. The molecule has 0 aliphatic rings. The van der Waals surface area contributed by atoms with E-state index >= 15 is 0 Å². The van der Waals surface area contributed by atoms with E-state index in [4.69, 9.17) is 10.5 Å². The van der Waals surface area contributed by atoms with Gasteiger partial charge < -0.3 is 15.8 Å². The summed E-state index contributed by atoms with van der Waals surface area (Å²) in [4.78, 5) is 13.6. The lowest BCUT2D eigenvalue weighted by molar-refractivity contribution is -0.117. The Labute approximate surface area is 102 Å². The van der Waals surface area contributed by atoms with Gasteiger partial charge in [-0.05, 0) is 25.7 Å². The Morgan fingerprint density at radius 1 is 1.53 bits per heavy atom. The maximum absolute atomic E-state index is 11.7. The van der Waals surface area contributed by atoms with Crippen LogP contribution in [-0.2, 0) is 4.79 Å². The lowest BCUT2D eigenvalue weighted by Gasteiger charge is -2.15. The fourth-order valence-electron chi connectivity index (χ4n) is 1.36. The first-order chi connectivity index (χ1) is 8.06. The van der Waals surface area contributed by atoms with Crippen molar-refractivity contribution in [3.63, 3.8) is 0 Å². The Morgan fingerprint density at radius 3 is 2.82 bits per heavy atom. The van der Waals surface area contributed by atoms with Crippen molar-refractivity contribution in [1.29, 1.82) is 0 Å². The number of hydrogen-bond acceptors (Lipinski definition) is 4. The predicted molar refractivity (Wildman–Crippen MR) is 69.2 cm³/mol. The fourth-order valence-corrected chi connectivity index (χ4v) is 1.36. The zero-order valence-corrected chi connectivity index (χ0v) is 10.5. The molecule has 0 bridgehead atoms. The van der Waals surface area contributed by atoms with Gasteiger partial charge in [-0.1, -0.05) is 6.92 Å². The van der Waals surface area contributed by atoms with Crippen LogP contribution in [0.4, 0.5) is 11.4 Å². The van der Waals surface area contributed by atoms with E-state index in [1.807, 2.05) is 18.9 Å². The van der Waals surface area contributed by atoms with Crippen LogP contribution in [0.5, 0.6) is 5.75 Å². The maximum Gasteiger partial charge on any atom is 0.238 e. The van der Waals surface area contributed by atoms with E-state index in [1.54, 1.807) is 25.3 Å². The molecule has 1 aromatic rings. The standard InChI is InChI=1S/C12H19N3O2/c1-4-15(2)8-12(16)14-10-6-5-9(13)7-11(10)17-3/h5-7H,4,8,13H2,1-3H3,(H,14,16). The van der Waals surface area contributed by atoms with E-state index in [1.165, 1.54) is 0 Å². The van der Waals surface area contributed by atoms with Crippen LogP contribution >= 0.6 is 0 Å². The summed E-state index contributed by atoms with van der Waals surface area (Å²) in [5.41, 5.74) is 6.87. The molecule has 17 heavy (non-hydrogen) atoms. The lowest BCUT2D eigenvalue weighted by atomic mass is 10.2. The normalized spacial score (nSPS) is 10.4. The van der Waals surface area contributed by atoms with Gasteiger partial charge in [-0.15, -0.1) is 0 Å². The minimum atomic E-state index is -0.0718. The smallest absolute Gasteiger partial charge is 0.238 e. The number of ether oxygens (including phenoxy) is 1. The number of likely N-dealkylation sites (N-methyl/N-ethyl adjacent to an activating group) is 1. The molecule has 1 aromatic carbocycles. The number of nitrogens with zero attached hydrogens (tertiary/aromatic N) is 1.